The number of hydrogen-bond acceptors (Lipinski definition) is 6. The number of Topliss-reactive ketones (excluding diaryl/α,β-unsaturated/α-hetero) is 2. The first-order valence-electron chi connectivity index (χ1n) is 7.78. The van der Waals surface area contributed by atoms with Crippen LogP contribution in [-0.2, 0) is 19.1 Å². The summed E-state index contributed by atoms with van der Waals surface area (Å²) in [6.07, 6.45) is 1.62. The molecule has 0 aliphatic heterocycles. The third kappa shape index (κ3) is 6.73. The van der Waals surface area contributed by atoms with E-state index in [2.05, 4.69) is 9.47 Å². The van der Waals surface area contributed by atoms with Crippen LogP contribution in [0.15, 0.2) is 24.3 Å². The first kappa shape index (κ1) is 19.5. The molecule has 0 N–H and O–H groups in total. The van der Waals surface area contributed by atoms with Gasteiger partial charge in [0.2, 0.25) is 0 Å². The maximum atomic E-state index is 12.1. The van der Waals surface area contributed by atoms with Crippen LogP contribution in [0.25, 0.3) is 0 Å². The molecule has 24 heavy (non-hydrogen) atoms. The molecule has 6 nitrogen and oxygen atoms in total. The van der Waals surface area contributed by atoms with Gasteiger partial charge in [0.1, 0.15) is 0 Å². The summed E-state index contributed by atoms with van der Waals surface area (Å²) < 4.78 is 9.05. The molecule has 1 rings (SSSR count). The molecule has 0 radical (unpaired) electrons. The predicted octanol–water partition coefficient (Wildman–Crippen LogP) is 2.74. The smallest absolute Gasteiger partial charge is 0.305 e. The number of rotatable bonds is 10. The van der Waals surface area contributed by atoms with E-state index in [0.29, 0.717) is 24.0 Å². The summed E-state index contributed by atoms with van der Waals surface area (Å²) in [5.74, 6) is -0.944. The van der Waals surface area contributed by atoms with E-state index in [0.717, 1.165) is 0 Å². The Morgan fingerprint density at radius 2 is 1.17 bits per heavy atom. The Morgan fingerprint density at radius 3 is 1.54 bits per heavy atom. The van der Waals surface area contributed by atoms with Crippen LogP contribution in [0, 0.1) is 0 Å². The lowest BCUT2D eigenvalue weighted by atomic mass is 9.99. The van der Waals surface area contributed by atoms with Gasteiger partial charge in [-0.3, -0.25) is 19.2 Å². The number of methoxy groups -OCH3 is 2. The number of carbonyl (C=O) groups excluding carboxylic acids is 4. The van der Waals surface area contributed by atoms with Gasteiger partial charge in [0, 0.05) is 36.8 Å². The van der Waals surface area contributed by atoms with Crippen molar-refractivity contribution >= 4 is 23.5 Å². The number of hydrogen-bond donors (Lipinski definition) is 0. The highest BCUT2D eigenvalue weighted by molar-refractivity contribution is 6.01. The maximum Gasteiger partial charge on any atom is 0.305 e. The summed E-state index contributed by atoms with van der Waals surface area (Å²) in [6.45, 7) is 0. The lowest BCUT2D eigenvalue weighted by molar-refractivity contribution is -0.141. The molecule has 0 aromatic heterocycles. The molecule has 6 heteroatoms. The lowest BCUT2D eigenvalue weighted by Gasteiger charge is -2.05. The Hall–Kier alpha value is -2.50. The minimum Gasteiger partial charge on any atom is -0.469 e. The molecule has 0 bridgehead atoms. The number of ether oxygens (including phenoxy) is 2. The monoisotopic (exact) mass is 334 g/mol. The number of benzene rings is 1. The average molecular weight is 334 g/mol. The molecule has 0 atom stereocenters. The Labute approximate surface area is 141 Å². The zero-order valence-corrected chi connectivity index (χ0v) is 14.0. The maximum absolute atomic E-state index is 12.1. The van der Waals surface area contributed by atoms with Crippen LogP contribution in [0.3, 0.4) is 0 Å². The SMILES string of the molecule is COC(=O)CCCC(=O)c1cccc(C(=O)CCCC(=O)OC)c1. The summed E-state index contributed by atoms with van der Waals surface area (Å²) in [6, 6.07) is 6.50. The molecular formula is C18H22O6. The molecule has 0 spiro atoms. The van der Waals surface area contributed by atoms with E-state index in [1.807, 2.05) is 0 Å². The fourth-order valence-corrected chi connectivity index (χ4v) is 2.15. The van der Waals surface area contributed by atoms with E-state index in [1.54, 1.807) is 24.3 Å². The zero-order valence-electron chi connectivity index (χ0n) is 14.0. The molecule has 1 aromatic rings. The molecule has 0 saturated heterocycles. The van der Waals surface area contributed by atoms with Crippen LogP contribution in [-0.4, -0.2) is 37.7 Å². The van der Waals surface area contributed by atoms with Crippen molar-refractivity contribution in [3.8, 4) is 0 Å². The van der Waals surface area contributed by atoms with Gasteiger partial charge in [-0.2, -0.15) is 0 Å². The van der Waals surface area contributed by atoms with Gasteiger partial charge in [0.25, 0.3) is 0 Å². The summed E-state index contributed by atoms with van der Waals surface area (Å²) in [4.78, 5) is 46.3. The fraction of sp³-hybridized carbons (Fsp3) is 0.444. The largest absolute Gasteiger partial charge is 0.469 e. The van der Waals surface area contributed by atoms with Crippen molar-refractivity contribution in [2.45, 2.75) is 38.5 Å². The second-order valence-electron chi connectivity index (χ2n) is 5.29. The lowest BCUT2D eigenvalue weighted by Crippen LogP contribution is -2.06. The first-order chi connectivity index (χ1) is 11.5. The van der Waals surface area contributed by atoms with E-state index in [-0.39, 0.29) is 49.2 Å². The highest BCUT2D eigenvalue weighted by Gasteiger charge is 2.12. The van der Waals surface area contributed by atoms with Gasteiger partial charge in [-0.15, -0.1) is 0 Å². The summed E-state index contributed by atoms with van der Waals surface area (Å²) in [7, 11) is 2.61. The molecule has 0 heterocycles. The van der Waals surface area contributed by atoms with Gasteiger partial charge < -0.3 is 9.47 Å². The number of esters is 2. The minimum absolute atomic E-state index is 0.122. The number of ketones is 2. The van der Waals surface area contributed by atoms with Gasteiger partial charge in [-0.05, 0) is 18.9 Å². The third-order valence-corrected chi connectivity index (χ3v) is 3.53. The van der Waals surface area contributed by atoms with Crippen LogP contribution in [0.2, 0.25) is 0 Å². The van der Waals surface area contributed by atoms with E-state index in [4.69, 9.17) is 0 Å². The molecule has 1 aromatic carbocycles. The number of carbonyl (C=O) groups is 4. The molecule has 0 aliphatic rings. The van der Waals surface area contributed by atoms with Crippen molar-refractivity contribution in [3.63, 3.8) is 0 Å². The van der Waals surface area contributed by atoms with Gasteiger partial charge >= 0.3 is 11.9 Å². The average Bonchev–Trinajstić information content (AvgIpc) is 2.61. The molecular weight excluding hydrogens is 312 g/mol. The molecule has 0 fully saturated rings. The van der Waals surface area contributed by atoms with Crippen LogP contribution in [0.1, 0.15) is 59.2 Å². The normalized spacial score (nSPS) is 10.1. The quantitative estimate of drug-likeness (QED) is 0.483. The Morgan fingerprint density at radius 1 is 0.750 bits per heavy atom. The van der Waals surface area contributed by atoms with Crippen molar-refractivity contribution in [3.05, 3.63) is 35.4 Å². The molecule has 0 aliphatic carbocycles. The second kappa shape index (κ2) is 10.3. The minimum atomic E-state index is -0.350. The van der Waals surface area contributed by atoms with Crippen LogP contribution in [0.4, 0.5) is 0 Å². The van der Waals surface area contributed by atoms with Crippen molar-refractivity contribution in [1.29, 1.82) is 0 Å². The van der Waals surface area contributed by atoms with Crippen molar-refractivity contribution in [1.82, 2.24) is 0 Å². The van der Waals surface area contributed by atoms with Gasteiger partial charge in [-0.25, -0.2) is 0 Å². The van der Waals surface area contributed by atoms with E-state index < -0.39 is 0 Å². The van der Waals surface area contributed by atoms with E-state index >= 15 is 0 Å². The Balaban J connectivity index is 2.55. The second-order valence-corrected chi connectivity index (χ2v) is 5.29. The fourth-order valence-electron chi connectivity index (χ4n) is 2.15. The Kier molecular flexibility index (Phi) is 8.39. The Bertz CT molecular complexity index is 556. The molecule has 0 unspecified atom stereocenters. The van der Waals surface area contributed by atoms with E-state index in [1.165, 1.54) is 14.2 Å². The standard InChI is InChI=1S/C18H22O6/c1-23-17(21)10-4-8-15(19)13-6-3-7-14(12-13)16(20)9-5-11-18(22)24-2/h3,6-7,12H,4-5,8-11H2,1-2H3. The van der Waals surface area contributed by atoms with E-state index in [9.17, 15) is 19.2 Å². The van der Waals surface area contributed by atoms with Gasteiger partial charge in [0.05, 0.1) is 14.2 Å². The predicted molar refractivity (Wildman–Crippen MR) is 86.8 cm³/mol. The molecule has 0 amide bonds. The molecule has 130 valence electrons. The summed E-state index contributed by atoms with van der Waals surface area (Å²) in [5, 5.41) is 0. The summed E-state index contributed by atoms with van der Waals surface area (Å²) in [5.41, 5.74) is 0.886. The van der Waals surface area contributed by atoms with Crippen molar-refractivity contribution in [2.75, 3.05) is 14.2 Å². The third-order valence-electron chi connectivity index (χ3n) is 3.53. The van der Waals surface area contributed by atoms with Crippen LogP contribution < -0.4 is 0 Å². The highest BCUT2D eigenvalue weighted by atomic mass is 16.5. The summed E-state index contributed by atoms with van der Waals surface area (Å²) >= 11 is 0. The topological polar surface area (TPSA) is 86.7 Å². The molecule has 0 saturated carbocycles. The van der Waals surface area contributed by atoms with Crippen LogP contribution >= 0.6 is 0 Å². The first-order valence-corrected chi connectivity index (χ1v) is 7.78. The zero-order chi connectivity index (χ0) is 17.9. The highest BCUT2D eigenvalue weighted by Crippen LogP contribution is 2.13. The van der Waals surface area contributed by atoms with Crippen LogP contribution in [0.5, 0.6) is 0 Å². The van der Waals surface area contributed by atoms with Crippen molar-refractivity contribution in [2.24, 2.45) is 0 Å². The van der Waals surface area contributed by atoms with Gasteiger partial charge in [0.15, 0.2) is 11.6 Å². The van der Waals surface area contributed by atoms with Gasteiger partial charge in [-0.1, -0.05) is 18.2 Å². The van der Waals surface area contributed by atoms with Crippen molar-refractivity contribution < 1.29 is 28.7 Å².